The van der Waals surface area contributed by atoms with E-state index in [1.807, 2.05) is 37.3 Å². The number of ether oxygens (including phenoxy) is 2. The predicted molar refractivity (Wildman–Crippen MR) is 102 cm³/mol. The fourth-order valence-electron chi connectivity index (χ4n) is 2.91. The Bertz CT molecular complexity index is 897. The van der Waals surface area contributed by atoms with E-state index in [4.69, 9.17) is 13.9 Å². The molecular formula is C21H22N2O4. The molecule has 27 heavy (non-hydrogen) atoms. The first kappa shape index (κ1) is 18.5. The van der Waals surface area contributed by atoms with Gasteiger partial charge in [0, 0.05) is 25.5 Å². The fraction of sp³-hybridized carbons (Fsp3) is 0.238. The van der Waals surface area contributed by atoms with Gasteiger partial charge in [-0.1, -0.05) is 36.4 Å². The van der Waals surface area contributed by atoms with E-state index in [-0.39, 0.29) is 5.91 Å². The zero-order valence-electron chi connectivity index (χ0n) is 15.6. The summed E-state index contributed by atoms with van der Waals surface area (Å²) in [6.07, 6.45) is 0.522. The zero-order valence-corrected chi connectivity index (χ0v) is 15.6. The molecule has 0 saturated heterocycles. The van der Waals surface area contributed by atoms with Crippen LogP contribution in [-0.2, 0) is 6.42 Å². The Morgan fingerprint density at radius 3 is 2.33 bits per heavy atom. The van der Waals surface area contributed by atoms with E-state index in [9.17, 15) is 4.79 Å². The number of hydrogen-bond donors (Lipinski definition) is 1. The zero-order chi connectivity index (χ0) is 19.2. The molecular weight excluding hydrogens is 344 g/mol. The van der Waals surface area contributed by atoms with Gasteiger partial charge >= 0.3 is 0 Å². The third-order valence-corrected chi connectivity index (χ3v) is 4.14. The van der Waals surface area contributed by atoms with E-state index >= 15 is 0 Å². The molecule has 0 saturated carbocycles. The highest BCUT2D eigenvalue weighted by Crippen LogP contribution is 2.28. The lowest BCUT2D eigenvalue weighted by Gasteiger charge is -2.12. The third kappa shape index (κ3) is 4.11. The van der Waals surface area contributed by atoms with Gasteiger partial charge in [0.25, 0.3) is 5.91 Å². The van der Waals surface area contributed by atoms with Crippen molar-refractivity contribution in [3.63, 3.8) is 0 Å². The lowest BCUT2D eigenvalue weighted by atomic mass is 10.1. The Labute approximate surface area is 158 Å². The number of oxazole rings is 1. The Morgan fingerprint density at radius 1 is 1.04 bits per heavy atom. The van der Waals surface area contributed by atoms with E-state index in [1.165, 1.54) is 14.2 Å². The summed E-state index contributed by atoms with van der Waals surface area (Å²) in [5, 5.41) is 2.90. The minimum Gasteiger partial charge on any atom is -0.496 e. The molecule has 3 rings (SSSR count). The molecule has 0 spiro atoms. The Kier molecular flexibility index (Phi) is 5.76. The highest BCUT2D eigenvalue weighted by Gasteiger charge is 2.19. The average Bonchev–Trinajstić information content (AvgIpc) is 3.08. The number of methoxy groups -OCH3 is 2. The van der Waals surface area contributed by atoms with Crippen molar-refractivity contribution in [3.8, 4) is 22.8 Å². The van der Waals surface area contributed by atoms with Crippen LogP contribution in [0.25, 0.3) is 11.3 Å². The molecule has 0 aliphatic rings. The van der Waals surface area contributed by atoms with Crippen LogP contribution in [0.2, 0.25) is 0 Å². The Hall–Kier alpha value is -3.28. The van der Waals surface area contributed by atoms with Gasteiger partial charge in [-0.2, -0.15) is 0 Å². The van der Waals surface area contributed by atoms with Crippen molar-refractivity contribution in [1.29, 1.82) is 0 Å². The van der Waals surface area contributed by atoms with Gasteiger partial charge in [-0.25, -0.2) is 4.98 Å². The van der Waals surface area contributed by atoms with Gasteiger partial charge in [-0.15, -0.1) is 0 Å². The van der Waals surface area contributed by atoms with Gasteiger partial charge in [0.15, 0.2) is 5.89 Å². The highest BCUT2D eigenvalue weighted by molar-refractivity contribution is 5.99. The van der Waals surface area contributed by atoms with Crippen LogP contribution in [0.15, 0.2) is 52.9 Å². The normalized spacial score (nSPS) is 10.5. The summed E-state index contributed by atoms with van der Waals surface area (Å²) in [5.41, 5.74) is 2.17. The fourth-order valence-corrected chi connectivity index (χ4v) is 2.91. The number of hydrogen-bond acceptors (Lipinski definition) is 5. The van der Waals surface area contributed by atoms with Crippen LogP contribution in [0.4, 0.5) is 0 Å². The smallest absolute Gasteiger partial charge is 0.258 e. The number of carbonyl (C=O) groups is 1. The van der Waals surface area contributed by atoms with Crippen molar-refractivity contribution in [3.05, 3.63) is 65.7 Å². The molecule has 0 bridgehead atoms. The number of nitrogens with one attached hydrogen (secondary N) is 1. The molecule has 0 atom stereocenters. The second-order valence-electron chi connectivity index (χ2n) is 5.91. The molecule has 0 fully saturated rings. The van der Waals surface area contributed by atoms with Gasteiger partial charge < -0.3 is 19.2 Å². The molecule has 1 N–H and O–H groups in total. The summed E-state index contributed by atoms with van der Waals surface area (Å²) in [5.74, 6) is 2.01. The summed E-state index contributed by atoms with van der Waals surface area (Å²) in [4.78, 5) is 17.1. The van der Waals surface area contributed by atoms with Crippen molar-refractivity contribution in [2.45, 2.75) is 13.3 Å². The first-order valence-electron chi connectivity index (χ1n) is 8.65. The van der Waals surface area contributed by atoms with Crippen molar-refractivity contribution in [2.24, 2.45) is 0 Å². The molecule has 140 valence electrons. The van der Waals surface area contributed by atoms with Gasteiger partial charge in [0.05, 0.1) is 14.2 Å². The Balaban J connectivity index is 1.72. The molecule has 6 nitrogen and oxygen atoms in total. The number of benzene rings is 2. The minimum atomic E-state index is -0.262. The second kappa shape index (κ2) is 8.40. The summed E-state index contributed by atoms with van der Waals surface area (Å²) in [6, 6.07) is 15.1. The van der Waals surface area contributed by atoms with E-state index < -0.39 is 0 Å². The van der Waals surface area contributed by atoms with E-state index in [0.717, 1.165) is 17.0 Å². The SMILES string of the molecule is COc1cccc(OC)c1C(=O)NCCc1oc(C)nc1-c1ccccc1. The van der Waals surface area contributed by atoms with Crippen LogP contribution >= 0.6 is 0 Å². The molecule has 0 aliphatic heterocycles. The molecule has 0 radical (unpaired) electrons. The number of nitrogens with zero attached hydrogens (tertiary/aromatic N) is 1. The first-order valence-corrected chi connectivity index (χ1v) is 8.65. The maximum absolute atomic E-state index is 12.6. The van der Waals surface area contributed by atoms with Gasteiger partial charge in [0.2, 0.25) is 0 Å². The maximum Gasteiger partial charge on any atom is 0.258 e. The van der Waals surface area contributed by atoms with Crippen molar-refractivity contribution in [2.75, 3.05) is 20.8 Å². The molecule has 1 heterocycles. The number of rotatable bonds is 7. The molecule has 1 amide bonds. The first-order chi connectivity index (χ1) is 13.1. The van der Waals surface area contributed by atoms with Crippen LogP contribution in [0.1, 0.15) is 22.0 Å². The molecule has 0 aliphatic carbocycles. The average molecular weight is 366 g/mol. The van der Waals surface area contributed by atoms with Crippen molar-refractivity contribution >= 4 is 5.91 Å². The summed E-state index contributed by atoms with van der Waals surface area (Å²) in [6.45, 7) is 2.21. The van der Waals surface area contributed by atoms with Crippen LogP contribution in [0.3, 0.4) is 0 Å². The van der Waals surface area contributed by atoms with Gasteiger partial charge in [0.1, 0.15) is 28.5 Å². The number of amides is 1. The van der Waals surface area contributed by atoms with E-state index in [0.29, 0.717) is 35.9 Å². The molecule has 6 heteroatoms. The molecule has 1 aromatic heterocycles. The van der Waals surface area contributed by atoms with Gasteiger partial charge in [-0.05, 0) is 12.1 Å². The van der Waals surface area contributed by atoms with Crippen molar-refractivity contribution in [1.82, 2.24) is 10.3 Å². The summed E-state index contributed by atoms with van der Waals surface area (Å²) in [7, 11) is 3.05. The van der Waals surface area contributed by atoms with Crippen LogP contribution in [0, 0.1) is 6.92 Å². The second-order valence-corrected chi connectivity index (χ2v) is 5.91. The molecule has 2 aromatic carbocycles. The van der Waals surface area contributed by atoms with Crippen molar-refractivity contribution < 1.29 is 18.7 Å². The van der Waals surface area contributed by atoms with Crippen LogP contribution < -0.4 is 14.8 Å². The lowest BCUT2D eigenvalue weighted by molar-refractivity contribution is 0.0947. The third-order valence-electron chi connectivity index (χ3n) is 4.14. The van der Waals surface area contributed by atoms with Gasteiger partial charge in [-0.3, -0.25) is 4.79 Å². The number of carbonyl (C=O) groups excluding carboxylic acids is 1. The predicted octanol–water partition coefficient (Wildman–Crippen LogP) is 3.64. The van der Waals surface area contributed by atoms with Crippen LogP contribution in [-0.4, -0.2) is 31.7 Å². The molecule has 0 unspecified atom stereocenters. The highest BCUT2D eigenvalue weighted by atomic mass is 16.5. The quantitative estimate of drug-likeness (QED) is 0.691. The number of aromatic nitrogens is 1. The molecule has 3 aromatic rings. The topological polar surface area (TPSA) is 73.6 Å². The van der Waals surface area contributed by atoms with Crippen LogP contribution in [0.5, 0.6) is 11.5 Å². The summed E-state index contributed by atoms with van der Waals surface area (Å²) < 4.78 is 16.3. The largest absolute Gasteiger partial charge is 0.496 e. The number of aryl methyl sites for hydroxylation is 1. The van der Waals surface area contributed by atoms with E-state index in [2.05, 4.69) is 10.3 Å². The maximum atomic E-state index is 12.6. The van der Waals surface area contributed by atoms with E-state index in [1.54, 1.807) is 18.2 Å². The lowest BCUT2D eigenvalue weighted by Crippen LogP contribution is -2.26. The summed E-state index contributed by atoms with van der Waals surface area (Å²) >= 11 is 0. The standard InChI is InChI=1S/C21H22N2O4/c1-14-23-20(15-8-5-4-6-9-15)18(27-14)12-13-22-21(24)19-16(25-2)10-7-11-17(19)26-3/h4-11H,12-13H2,1-3H3,(H,22,24). The minimum absolute atomic E-state index is 0.262. The Morgan fingerprint density at radius 2 is 1.70 bits per heavy atom. The monoisotopic (exact) mass is 366 g/mol.